The van der Waals surface area contributed by atoms with Crippen molar-refractivity contribution in [2.45, 2.75) is 76.4 Å². The van der Waals surface area contributed by atoms with Gasteiger partial charge in [0.05, 0.1) is 35.1 Å². The minimum atomic E-state index is -4.16. The number of Topliss-reactive ketones (excluding diaryl/α,β-unsaturated/α-hetero) is 1. The summed E-state index contributed by atoms with van der Waals surface area (Å²) in [6, 6.07) is 2.50. The zero-order valence-electron chi connectivity index (χ0n) is 26.6. The lowest BCUT2D eigenvalue weighted by molar-refractivity contribution is -0.159. The molecule has 15 nitrogen and oxygen atoms in total. The molecule has 1 saturated heterocycles. The summed E-state index contributed by atoms with van der Waals surface area (Å²) in [6.07, 6.45) is 5.07. The highest BCUT2D eigenvalue weighted by atomic mass is 32.2. The molecule has 0 aromatic heterocycles. The molecule has 1 aromatic rings. The Hall–Kier alpha value is -4.41. The van der Waals surface area contributed by atoms with Gasteiger partial charge in [-0.2, -0.15) is 4.72 Å². The van der Waals surface area contributed by atoms with E-state index in [1.165, 1.54) is 37.3 Å². The van der Waals surface area contributed by atoms with Crippen molar-refractivity contribution >= 4 is 45.6 Å². The fourth-order valence-corrected chi connectivity index (χ4v) is 6.10. The molecule has 1 aromatic carbocycles. The number of hydrogen-bond acceptors (Lipinski definition) is 11. The smallest absolute Gasteiger partial charge is 0.340 e. The third kappa shape index (κ3) is 11.1. The van der Waals surface area contributed by atoms with E-state index in [-0.39, 0.29) is 42.3 Å². The number of esters is 2. The van der Waals surface area contributed by atoms with Crippen molar-refractivity contribution < 1.29 is 56.9 Å². The fraction of sp³-hybridized carbons (Fsp3) is 0.484. The number of ketones is 1. The Morgan fingerprint density at radius 3 is 2.04 bits per heavy atom. The van der Waals surface area contributed by atoms with Crippen molar-refractivity contribution in [2.24, 2.45) is 5.41 Å². The van der Waals surface area contributed by atoms with Crippen molar-refractivity contribution in [3.63, 3.8) is 0 Å². The predicted octanol–water partition coefficient (Wildman–Crippen LogP) is 1.01. The molecular formula is C31H41N3O12S. The number of carbonyl (C=O) groups is 6. The number of benzene rings is 1. The maximum atomic E-state index is 13.4. The normalized spacial score (nSPS) is 19.4. The van der Waals surface area contributed by atoms with E-state index in [9.17, 15) is 47.4 Å². The second-order valence-corrected chi connectivity index (χ2v) is 12.6. The molecule has 1 fully saturated rings. The number of nitrogens with one attached hydrogen (secondary N) is 3. The summed E-state index contributed by atoms with van der Waals surface area (Å²) < 4.78 is 37.0. The Morgan fingerprint density at radius 1 is 1.02 bits per heavy atom. The van der Waals surface area contributed by atoms with Gasteiger partial charge in [-0.1, -0.05) is 35.9 Å². The number of carboxylic acid groups (broad SMARTS) is 2. The van der Waals surface area contributed by atoms with Gasteiger partial charge in [0.15, 0.2) is 5.78 Å². The first-order valence-corrected chi connectivity index (χ1v) is 16.4. The first kappa shape index (κ1) is 38.8. The molecule has 0 spiro atoms. The Kier molecular flexibility index (Phi) is 14.4. The maximum absolute atomic E-state index is 13.4. The predicted molar refractivity (Wildman–Crippen MR) is 166 cm³/mol. The van der Waals surface area contributed by atoms with Crippen molar-refractivity contribution in [3.05, 3.63) is 53.6 Å². The third-order valence-corrected chi connectivity index (χ3v) is 8.76. The van der Waals surface area contributed by atoms with E-state index in [1.807, 2.05) is 0 Å². The van der Waals surface area contributed by atoms with Gasteiger partial charge in [-0.05, 0) is 65.1 Å². The van der Waals surface area contributed by atoms with Crippen LogP contribution in [0.2, 0.25) is 0 Å². The lowest BCUT2D eigenvalue weighted by Gasteiger charge is -2.35. The Labute approximate surface area is 272 Å². The molecule has 5 N–H and O–H groups in total. The SMILES string of the molecule is CCOC(=O)C(NC(C)=O)C(=O)OCC.Cc1ccc(S(=O)(=O)N[C@@H](CC2(C(=O)[C@@H]3CCCN3)C=CC(C(=O)O)=CC2)C(=O)O)cc1. The first-order chi connectivity index (χ1) is 22.1. The molecule has 0 saturated carbocycles. The average Bonchev–Trinajstić information content (AvgIpc) is 3.55. The third-order valence-electron chi connectivity index (χ3n) is 7.27. The quantitative estimate of drug-likeness (QED) is 0.137. The van der Waals surface area contributed by atoms with E-state index >= 15 is 0 Å². The number of carboxylic acids is 2. The number of carbonyl (C=O) groups excluding carboxylic acids is 4. The number of amides is 1. The van der Waals surface area contributed by atoms with Crippen molar-refractivity contribution in [1.82, 2.24) is 15.4 Å². The summed E-state index contributed by atoms with van der Waals surface area (Å²) in [5, 5.41) is 24.2. The molecule has 3 rings (SSSR count). The van der Waals surface area contributed by atoms with Crippen LogP contribution in [0.25, 0.3) is 0 Å². The van der Waals surface area contributed by atoms with Crippen molar-refractivity contribution in [3.8, 4) is 0 Å². The molecule has 1 aliphatic heterocycles. The maximum Gasteiger partial charge on any atom is 0.340 e. The number of hydrogen-bond donors (Lipinski definition) is 5. The van der Waals surface area contributed by atoms with Gasteiger partial charge in [0.1, 0.15) is 6.04 Å². The van der Waals surface area contributed by atoms with Gasteiger partial charge in [-0.25, -0.2) is 22.8 Å². The van der Waals surface area contributed by atoms with Gasteiger partial charge in [0.25, 0.3) is 0 Å². The number of allylic oxidation sites excluding steroid dienone is 2. The van der Waals surface area contributed by atoms with Crippen LogP contribution in [0.5, 0.6) is 0 Å². The second-order valence-electron chi connectivity index (χ2n) is 10.8. The zero-order valence-corrected chi connectivity index (χ0v) is 27.4. The molecule has 258 valence electrons. The van der Waals surface area contributed by atoms with Crippen LogP contribution in [0.15, 0.2) is 53.0 Å². The molecule has 0 bridgehead atoms. The van der Waals surface area contributed by atoms with Crippen LogP contribution in [0.1, 0.15) is 52.0 Å². The average molecular weight is 680 g/mol. The number of aryl methyl sites for hydroxylation is 1. The van der Waals surface area contributed by atoms with Gasteiger partial charge in [-0.3, -0.25) is 14.4 Å². The summed E-state index contributed by atoms with van der Waals surface area (Å²) in [5.74, 6) is -4.98. The standard InChI is InChI=1S/C22H26N2O7S.C9H15NO5/c1-14-4-6-16(7-5-14)32(30,31)24-18(21(28)29)13-22(19(25)17-3-2-12-23-17)10-8-15(9-11-22)20(26)27;1-4-14-8(12)7(10-6(3)11)9(13)15-5-2/h4-10,17-18,23-24H,2-3,11-13H2,1H3,(H,26,27)(H,28,29);7H,4-5H2,1-3H3,(H,10,11)/t17-,18-,22?;/m0./s1. The molecule has 16 heteroatoms. The lowest BCUT2D eigenvalue weighted by Crippen LogP contribution is -2.49. The molecule has 2 aliphatic rings. The van der Waals surface area contributed by atoms with Gasteiger partial charge in [0.2, 0.25) is 22.0 Å². The minimum absolute atomic E-state index is 0.0000767. The molecule has 47 heavy (non-hydrogen) atoms. The van der Waals surface area contributed by atoms with Crippen LogP contribution >= 0.6 is 0 Å². The van der Waals surface area contributed by atoms with Crippen LogP contribution in [-0.4, -0.2) is 92.1 Å². The molecule has 0 radical (unpaired) electrons. The van der Waals surface area contributed by atoms with E-state index in [1.54, 1.807) is 32.9 Å². The van der Waals surface area contributed by atoms with Crippen molar-refractivity contribution in [2.75, 3.05) is 19.8 Å². The van der Waals surface area contributed by atoms with Gasteiger partial charge >= 0.3 is 23.9 Å². The number of ether oxygens (including phenoxy) is 2. The number of sulfonamides is 1. The highest BCUT2D eigenvalue weighted by Crippen LogP contribution is 2.38. The van der Waals surface area contributed by atoms with Crippen LogP contribution in [-0.2, 0) is 48.3 Å². The van der Waals surface area contributed by atoms with Gasteiger partial charge in [0, 0.05) is 6.92 Å². The second kappa shape index (κ2) is 17.5. The molecular weight excluding hydrogens is 638 g/mol. The summed E-state index contributed by atoms with van der Waals surface area (Å²) in [4.78, 5) is 69.8. The molecule has 1 aliphatic carbocycles. The summed E-state index contributed by atoms with van der Waals surface area (Å²) >= 11 is 0. The monoisotopic (exact) mass is 679 g/mol. The van der Waals surface area contributed by atoms with E-state index in [2.05, 4.69) is 24.8 Å². The Bertz CT molecular complexity index is 1480. The van der Waals surface area contributed by atoms with Crippen LogP contribution in [0, 0.1) is 12.3 Å². The summed E-state index contributed by atoms with van der Waals surface area (Å²) in [7, 11) is -4.16. The van der Waals surface area contributed by atoms with E-state index in [4.69, 9.17) is 0 Å². The van der Waals surface area contributed by atoms with Crippen LogP contribution in [0.4, 0.5) is 0 Å². The molecule has 1 unspecified atom stereocenters. The van der Waals surface area contributed by atoms with E-state index in [0.717, 1.165) is 12.0 Å². The fourth-order valence-electron chi connectivity index (χ4n) is 4.91. The Morgan fingerprint density at radius 2 is 1.62 bits per heavy atom. The van der Waals surface area contributed by atoms with Gasteiger partial charge < -0.3 is 30.3 Å². The Balaban J connectivity index is 0.000000433. The lowest BCUT2D eigenvalue weighted by atomic mass is 9.70. The summed E-state index contributed by atoms with van der Waals surface area (Å²) in [5.41, 5.74) is -0.500. The van der Waals surface area contributed by atoms with Gasteiger partial charge in [-0.15, -0.1) is 0 Å². The first-order valence-electron chi connectivity index (χ1n) is 14.9. The zero-order chi connectivity index (χ0) is 35.4. The van der Waals surface area contributed by atoms with Crippen LogP contribution in [0.3, 0.4) is 0 Å². The molecule has 3 atom stereocenters. The largest absolute Gasteiger partial charge is 0.480 e. The highest BCUT2D eigenvalue weighted by Gasteiger charge is 2.45. The topological polar surface area (TPSA) is 232 Å². The molecule has 1 heterocycles. The van der Waals surface area contributed by atoms with E-state index < -0.39 is 63.3 Å². The number of rotatable bonds is 14. The highest BCUT2D eigenvalue weighted by molar-refractivity contribution is 7.89. The van der Waals surface area contributed by atoms with E-state index in [0.29, 0.717) is 13.0 Å². The van der Waals surface area contributed by atoms with Crippen LogP contribution < -0.4 is 15.4 Å². The molecule has 1 amide bonds. The number of aliphatic carboxylic acids is 2. The minimum Gasteiger partial charge on any atom is -0.480 e. The summed E-state index contributed by atoms with van der Waals surface area (Å²) in [6.45, 7) is 7.12. The van der Waals surface area contributed by atoms with Crippen molar-refractivity contribution in [1.29, 1.82) is 0 Å².